The van der Waals surface area contributed by atoms with Gasteiger partial charge in [-0.05, 0) is 48.4 Å². The Labute approximate surface area is 232 Å². The average molecular weight is 570 g/mol. The zero-order valence-corrected chi connectivity index (χ0v) is 24.9. The SMILES string of the molecule is CO[C@@H]1CCN(c2nccc(Nc3cc4c(C(C)C)ccc(N5C[Si](CS(C)(=O)=O)[C@H]5C)c4cn3)n2)C[C@@H]1O. The van der Waals surface area contributed by atoms with E-state index in [4.69, 9.17) is 9.72 Å². The van der Waals surface area contributed by atoms with Crippen molar-refractivity contribution < 1.29 is 18.3 Å². The molecule has 3 aromatic rings. The third kappa shape index (κ3) is 5.88. The van der Waals surface area contributed by atoms with Gasteiger partial charge in [0, 0.05) is 67.1 Å². The number of aromatic nitrogens is 3. The minimum Gasteiger partial charge on any atom is -0.389 e. The lowest BCUT2D eigenvalue weighted by Gasteiger charge is -2.47. The number of hydrogen-bond acceptors (Lipinski definition) is 10. The highest BCUT2D eigenvalue weighted by molar-refractivity contribution is 7.92. The summed E-state index contributed by atoms with van der Waals surface area (Å²) < 4.78 is 29.1. The van der Waals surface area contributed by atoms with Crippen LogP contribution in [0.1, 0.15) is 38.7 Å². The van der Waals surface area contributed by atoms with E-state index in [9.17, 15) is 13.5 Å². The van der Waals surface area contributed by atoms with Gasteiger partial charge >= 0.3 is 0 Å². The number of piperidine rings is 1. The van der Waals surface area contributed by atoms with Crippen molar-refractivity contribution in [1.29, 1.82) is 0 Å². The Bertz CT molecular complexity index is 1460. The van der Waals surface area contributed by atoms with Crippen LogP contribution in [-0.4, -0.2) is 93.1 Å². The fourth-order valence-electron chi connectivity index (χ4n) is 5.53. The minimum absolute atomic E-state index is 0.170. The number of fused-ring (bicyclic) bond motifs is 1. The number of ether oxygens (including phenoxy) is 1. The predicted molar refractivity (Wildman–Crippen MR) is 157 cm³/mol. The molecular weight excluding hydrogens is 532 g/mol. The lowest BCUT2D eigenvalue weighted by Crippen LogP contribution is -2.65. The summed E-state index contributed by atoms with van der Waals surface area (Å²) in [6.07, 6.45) is 5.70. The Kier molecular flexibility index (Phi) is 7.82. The van der Waals surface area contributed by atoms with Gasteiger partial charge in [-0.25, -0.2) is 18.4 Å². The number of aliphatic hydroxyl groups excluding tert-OH is 1. The van der Waals surface area contributed by atoms with E-state index in [1.807, 2.05) is 11.1 Å². The van der Waals surface area contributed by atoms with Crippen molar-refractivity contribution in [2.75, 3.05) is 53.1 Å². The topological polar surface area (TPSA) is 121 Å². The van der Waals surface area contributed by atoms with E-state index in [0.717, 1.165) is 22.6 Å². The molecule has 1 aromatic carbocycles. The highest BCUT2D eigenvalue weighted by atomic mass is 32.2. The summed E-state index contributed by atoms with van der Waals surface area (Å²) in [5.74, 6) is 2.19. The van der Waals surface area contributed by atoms with E-state index >= 15 is 0 Å². The largest absolute Gasteiger partial charge is 0.389 e. The second-order valence-electron chi connectivity index (χ2n) is 10.9. The number of methoxy groups -OCH3 is 1. The fourth-order valence-corrected chi connectivity index (χ4v) is 11.1. The highest BCUT2D eigenvalue weighted by Crippen LogP contribution is 2.37. The first-order chi connectivity index (χ1) is 18.5. The number of pyridine rings is 1. The summed E-state index contributed by atoms with van der Waals surface area (Å²) in [6, 6.07) is 8.20. The third-order valence-corrected chi connectivity index (χ3v) is 13.5. The van der Waals surface area contributed by atoms with Gasteiger partial charge in [0.15, 0.2) is 0 Å². The summed E-state index contributed by atoms with van der Waals surface area (Å²) in [7, 11) is -2.33. The Morgan fingerprint density at radius 3 is 2.67 bits per heavy atom. The first kappa shape index (κ1) is 27.8. The van der Waals surface area contributed by atoms with E-state index in [1.165, 1.54) is 11.8 Å². The molecule has 0 aliphatic carbocycles. The molecule has 2 aliphatic heterocycles. The maximum atomic E-state index is 11.9. The molecule has 39 heavy (non-hydrogen) atoms. The molecular formula is C27H37N6O4SSi. The van der Waals surface area contributed by atoms with Crippen LogP contribution in [-0.2, 0) is 14.6 Å². The number of hydrogen-bond donors (Lipinski definition) is 2. The zero-order chi connectivity index (χ0) is 27.9. The molecule has 3 atom stereocenters. The molecule has 12 heteroatoms. The Hall–Kier alpha value is -2.80. The van der Waals surface area contributed by atoms with Crippen molar-refractivity contribution in [1.82, 2.24) is 15.0 Å². The zero-order valence-electron chi connectivity index (χ0n) is 23.1. The summed E-state index contributed by atoms with van der Waals surface area (Å²) in [5.41, 5.74) is 2.57. The summed E-state index contributed by atoms with van der Waals surface area (Å²) in [6.45, 7) is 7.62. The second kappa shape index (κ2) is 11.0. The Morgan fingerprint density at radius 2 is 2.00 bits per heavy atom. The maximum absolute atomic E-state index is 11.9. The quantitative estimate of drug-likeness (QED) is 0.392. The van der Waals surface area contributed by atoms with Crippen LogP contribution in [0.5, 0.6) is 0 Å². The minimum atomic E-state index is -2.97. The molecule has 209 valence electrons. The second-order valence-corrected chi connectivity index (χ2v) is 16.4. The molecule has 2 N–H and O–H groups in total. The number of β-amino-alcohol motifs (C(OH)–C–C–N with tert-alkyl or cyclic N) is 1. The molecule has 2 fully saturated rings. The Balaban J connectivity index is 1.40. The summed E-state index contributed by atoms with van der Waals surface area (Å²) in [4.78, 5) is 18.1. The number of rotatable bonds is 8. The van der Waals surface area contributed by atoms with E-state index in [-0.39, 0.29) is 11.8 Å². The van der Waals surface area contributed by atoms with Gasteiger partial charge in [-0.2, -0.15) is 4.98 Å². The van der Waals surface area contributed by atoms with Crippen LogP contribution in [0, 0.1) is 0 Å². The molecule has 4 heterocycles. The van der Waals surface area contributed by atoms with Gasteiger partial charge in [0.1, 0.15) is 30.3 Å². The number of nitrogens with zero attached hydrogens (tertiary/aromatic N) is 5. The first-order valence-corrected chi connectivity index (χ1v) is 17.4. The van der Waals surface area contributed by atoms with Gasteiger partial charge in [0.05, 0.1) is 12.2 Å². The van der Waals surface area contributed by atoms with Crippen LogP contribution in [0.25, 0.3) is 10.8 Å². The maximum Gasteiger partial charge on any atom is 0.227 e. The number of benzene rings is 1. The molecule has 5 rings (SSSR count). The summed E-state index contributed by atoms with van der Waals surface area (Å²) >= 11 is 0. The van der Waals surface area contributed by atoms with E-state index in [0.29, 0.717) is 48.4 Å². The van der Waals surface area contributed by atoms with Crippen molar-refractivity contribution >= 4 is 52.7 Å². The average Bonchev–Trinajstić information content (AvgIpc) is 2.89. The smallest absolute Gasteiger partial charge is 0.227 e. The molecule has 0 spiro atoms. The molecule has 0 bridgehead atoms. The number of sulfone groups is 1. The number of aliphatic hydroxyl groups is 1. The van der Waals surface area contributed by atoms with Crippen molar-refractivity contribution in [3.63, 3.8) is 0 Å². The molecule has 10 nitrogen and oxygen atoms in total. The van der Waals surface area contributed by atoms with Crippen LogP contribution in [0.15, 0.2) is 36.7 Å². The molecule has 2 aromatic heterocycles. The summed E-state index contributed by atoms with van der Waals surface area (Å²) in [5, 5.41) is 16.2. The van der Waals surface area contributed by atoms with Crippen molar-refractivity contribution in [2.45, 2.75) is 51.0 Å². The molecule has 1 radical (unpaired) electrons. The lowest BCUT2D eigenvalue weighted by molar-refractivity contribution is -0.0219. The number of anilines is 4. The Morgan fingerprint density at radius 1 is 1.21 bits per heavy atom. The fraction of sp³-hybridized carbons (Fsp3) is 0.519. The van der Waals surface area contributed by atoms with Gasteiger partial charge in [0.2, 0.25) is 5.95 Å². The molecule has 0 amide bonds. The molecule has 2 saturated heterocycles. The van der Waals surface area contributed by atoms with Crippen molar-refractivity contribution in [3.8, 4) is 0 Å². The predicted octanol–water partition coefficient (Wildman–Crippen LogP) is 2.84. The highest BCUT2D eigenvalue weighted by Gasteiger charge is 2.40. The van der Waals surface area contributed by atoms with Crippen LogP contribution >= 0.6 is 0 Å². The molecule has 0 unspecified atom stereocenters. The van der Waals surface area contributed by atoms with Gasteiger partial charge in [-0.15, -0.1) is 0 Å². The lowest BCUT2D eigenvalue weighted by atomic mass is 9.95. The van der Waals surface area contributed by atoms with Crippen LogP contribution in [0.3, 0.4) is 0 Å². The van der Waals surface area contributed by atoms with Crippen molar-refractivity contribution in [3.05, 3.63) is 42.2 Å². The monoisotopic (exact) mass is 569 g/mol. The van der Waals surface area contributed by atoms with Gasteiger partial charge < -0.3 is 25.0 Å². The van der Waals surface area contributed by atoms with E-state index in [1.54, 1.807) is 19.4 Å². The van der Waals surface area contributed by atoms with Gasteiger partial charge in [-0.3, -0.25) is 0 Å². The van der Waals surface area contributed by atoms with Crippen LogP contribution in [0.2, 0.25) is 0 Å². The molecule has 2 aliphatic rings. The van der Waals surface area contributed by atoms with Gasteiger partial charge in [0.25, 0.3) is 0 Å². The van der Waals surface area contributed by atoms with Crippen LogP contribution in [0.4, 0.5) is 23.3 Å². The third-order valence-electron chi connectivity index (χ3n) is 7.73. The molecule has 0 saturated carbocycles. The van der Waals surface area contributed by atoms with E-state index in [2.05, 4.69) is 59.2 Å². The first-order valence-electron chi connectivity index (χ1n) is 13.3. The van der Waals surface area contributed by atoms with Crippen LogP contribution < -0.4 is 15.1 Å². The van der Waals surface area contributed by atoms with Gasteiger partial charge in [-0.1, -0.05) is 19.9 Å². The van der Waals surface area contributed by atoms with E-state index < -0.39 is 24.7 Å². The number of nitrogens with one attached hydrogen (secondary N) is 1. The van der Waals surface area contributed by atoms with Crippen molar-refractivity contribution in [2.24, 2.45) is 0 Å². The standard InChI is InChI=1S/C27H37N6O4SSi/c1-17(2)19-6-7-22(33-15-39(18(33)3)16-38(5,35)36)21-13-29-26(12-20(19)21)30-25-8-10-28-27(31-25)32-11-9-24(37-4)23(34)14-32/h6-8,10,12-13,17-18,23-24,34H,9,11,14-16H2,1-5H3,(H,28,29,30,31)/t18-,23-,24+/m0/s1. The normalized spacial score (nSPS) is 22.4.